The van der Waals surface area contributed by atoms with E-state index in [4.69, 9.17) is 15.2 Å². The van der Waals surface area contributed by atoms with Crippen LogP contribution in [0.5, 0.6) is 5.75 Å². The van der Waals surface area contributed by atoms with E-state index in [2.05, 4.69) is 16.8 Å². The number of methoxy groups -OCH3 is 1. The van der Waals surface area contributed by atoms with Gasteiger partial charge in [-0.05, 0) is 13.8 Å². The largest absolute Gasteiger partial charge is 0.497 e. The molecule has 5 nitrogen and oxygen atoms in total. The molecule has 5 heteroatoms. The molecule has 1 aromatic rings. The number of ether oxygens (including phenoxy) is 2. The Morgan fingerprint density at radius 1 is 1.53 bits per heavy atom. The van der Waals surface area contributed by atoms with Crippen LogP contribution < -0.4 is 10.5 Å². The molecule has 1 aliphatic rings. The number of hydrogen-bond donors (Lipinski definition) is 1. The molecule has 2 unspecified atom stereocenters. The predicted molar refractivity (Wildman–Crippen MR) is 74.2 cm³/mol. The lowest BCUT2D eigenvalue weighted by atomic mass is 10.1. The molecule has 106 valence electrons. The lowest BCUT2D eigenvalue weighted by molar-refractivity contribution is -0.0571. The van der Waals surface area contributed by atoms with Gasteiger partial charge in [-0.3, -0.25) is 9.88 Å². The molecular formula is C14H23N3O2. The van der Waals surface area contributed by atoms with Gasteiger partial charge in [-0.2, -0.15) is 0 Å². The van der Waals surface area contributed by atoms with E-state index in [0.29, 0.717) is 12.6 Å². The Bertz CT molecular complexity index is 425. The Labute approximate surface area is 114 Å². The van der Waals surface area contributed by atoms with E-state index in [1.807, 2.05) is 19.1 Å². The average molecular weight is 265 g/mol. The molecule has 19 heavy (non-hydrogen) atoms. The minimum absolute atomic E-state index is 0.128. The van der Waals surface area contributed by atoms with Gasteiger partial charge in [-0.1, -0.05) is 0 Å². The lowest BCUT2D eigenvalue weighted by Gasteiger charge is -2.37. The van der Waals surface area contributed by atoms with Crippen molar-refractivity contribution in [1.82, 2.24) is 9.88 Å². The highest BCUT2D eigenvalue weighted by atomic mass is 16.5. The van der Waals surface area contributed by atoms with E-state index in [1.54, 1.807) is 7.11 Å². The number of morpholine rings is 1. The van der Waals surface area contributed by atoms with Crippen molar-refractivity contribution in [3.05, 3.63) is 23.5 Å². The molecule has 1 fully saturated rings. The highest BCUT2D eigenvalue weighted by Crippen LogP contribution is 2.18. The van der Waals surface area contributed by atoms with Gasteiger partial charge in [0.05, 0.1) is 25.5 Å². The minimum atomic E-state index is 0.128. The highest BCUT2D eigenvalue weighted by molar-refractivity contribution is 5.26. The van der Waals surface area contributed by atoms with Crippen LogP contribution in [0.2, 0.25) is 0 Å². The summed E-state index contributed by atoms with van der Waals surface area (Å²) in [4.78, 5) is 6.93. The van der Waals surface area contributed by atoms with E-state index in [9.17, 15) is 0 Å². The zero-order valence-electron chi connectivity index (χ0n) is 11.9. The number of aryl methyl sites for hydroxylation is 1. The molecular weight excluding hydrogens is 242 g/mol. The molecule has 0 spiro atoms. The maximum Gasteiger partial charge on any atom is 0.122 e. The molecule has 0 aliphatic carbocycles. The van der Waals surface area contributed by atoms with Gasteiger partial charge >= 0.3 is 0 Å². The summed E-state index contributed by atoms with van der Waals surface area (Å²) in [5.74, 6) is 0.860. The second-order valence-electron chi connectivity index (χ2n) is 5.11. The second-order valence-corrected chi connectivity index (χ2v) is 5.11. The molecule has 0 amide bonds. The summed E-state index contributed by atoms with van der Waals surface area (Å²) in [5, 5.41) is 0. The minimum Gasteiger partial charge on any atom is -0.497 e. The van der Waals surface area contributed by atoms with Crippen LogP contribution in [0.25, 0.3) is 0 Å². The summed E-state index contributed by atoms with van der Waals surface area (Å²) < 4.78 is 11.0. The van der Waals surface area contributed by atoms with Crippen LogP contribution in [0.1, 0.15) is 18.3 Å². The van der Waals surface area contributed by atoms with Crippen molar-refractivity contribution >= 4 is 0 Å². The zero-order valence-corrected chi connectivity index (χ0v) is 11.9. The molecule has 2 atom stereocenters. The molecule has 1 aromatic heterocycles. The van der Waals surface area contributed by atoms with Gasteiger partial charge in [-0.15, -0.1) is 0 Å². The molecule has 0 radical (unpaired) electrons. The van der Waals surface area contributed by atoms with Crippen LogP contribution >= 0.6 is 0 Å². The van der Waals surface area contributed by atoms with E-state index in [1.165, 1.54) is 0 Å². The van der Waals surface area contributed by atoms with E-state index in [-0.39, 0.29) is 6.10 Å². The normalized spacial score (nSPS) is 24.4. The first-order chi connectivity index (χ1) is 9.12. The number of hydrogen-bond acceptors (Lipinski definition) is 5. The van der Waals surface area contributed by atoms with Gasteiger partial charge in [0.1, 0.15) is 5.75 Å². The molecule has 1 saturated heterocycles. The number of pyridine rings is 1. The van der Waals surface area contributed by atoms with Gasteiger partial charge in [0.2, 0.25) is 0 Å². The number of aromatic nitrogens is 1. The second kappa shape index (κ2) is 6.32. The molecule has 2 rings (SSSR count). The van der Waals surface area contributed by atoms with Crippen molar-refractivity contribution in [2.45, 2.75) is 32.5 Å². The van der Waals surface area contributed by atoms with Crippen LogP contribution in [0.15, 0.2) is 12.1 Å². The summed E-state index contributed by atoms with van der Waals surface area (Å²) in [6.45, 7) is 7.10. The Morgan fingerprint density at radius 2 is 2.32 bits per heavy atom. The van der Waals surface area contributed by atoms with Gasteiger partial charge in [-0.25, -0.2) is 0 Å². The third kappa shape index (κ3) is 3.65. The Balaban J connectivity index is 2.08. The van der Waals surface area contributed by atoms with Crippen LogP contribution in [-0.4, -0.2) is 48.8 Å². The zero-order chi connectivity index (χ0) is 13.8. The Kier molecular flexibility index (Phi) is 4.74. The lowest BCUT2D eigenvalue weighted by Crippen LogP contribution is -2.50. The topological polar surface area (TPSA) is 60.6 Å². The maximum atomic E-state index is 5.69. The van der Waals surface area contributed by atoms with Crippen molar-refractivity contribution < 1.29 is 9.47 Å². The van der Waals surface area contributed by atoms with Gasteiger partial charge in [0.25, 0.3) is 0 Å². The first-order valence-electron chi connectivity index (χ1n) is 6.69. The van der Waals surface area contributed by atoms with Crippen molar-refractivity contribution in [1.29, 1.82) is 0 Å². The average Bonchev–Trinajstić information content (AvgIpc) is 2.40. The fourth-order valence-corrected chi connectivity index (χ4v) is 2.35. The van der Waals surface area contributed by atoms with Crippen molar-refractivity contribution in [3.8, 4) is 5.75 Å². The maximum absolute atomic E-state index is 5.69. The smallest absolute Gasteiger partial charge is 0.122 e. The van der Waals surface area contributed by atoms with Gasteiger partial charge in [0.15, 0.2) is 0 Å². The monoisotopic (exact) mass is 265 g/mol. The molecule has 0 aromatic carbocycles. The summed E-state index contributed by atoms with van der Waals surface area (Å²) in [6, 6.07) is 4.32. The van der Waals surface area contributed by atoms with Gasteiger partial charge < -0.3 is 15.2 Å². The van der Waals surface area contributed by atoms with Crippen LogP contribution in [0.3, 0.4) is 0 Å². The van der Waals surface area contributed by atoms with Crippen LogP contribution in [0, 0.1) is 6.92 Å². The van der Waals surface area contributed by atoms with Crippen molar-refractivity contribution in [3.63, 3.8) is 0 Å². The molecule has 2 N–H and O–H groups in total. The molecule has 0 saturated carbocycles. The number of nitrogens with two attached hydrogens (primary N) is 1. The summed E-state index contributed by atoms with van der Waals surface area (Å²) in [6.07, 6.45) is 0.128. The molecule has 0 bridgehead atoms. The number of rotatable bonds is 4. The standard InChI is InChI=1S/C14H23N3O2/c1-10-4-13(18-3)5-12(16-10)7-17-8-14(6-15)19-9-11(17)2/h4-5,11,14H,6-9,15H2,1-3H3. The first-order valence-corrected chi connectivity index (χ1v) is 6.69. The van der Waals surface area contributed by atoms with Crippen molar-refractivity contribution in [2.75, 3.05) is 26.8 Å². The van der Waals surface area contributed by atoms with Crippen LogP contribution in [-0.2, 0) is 11.3 Å². The third-order valence-corrected chi connectivity index (χ3v) is 3.48. The first kappa shape index (κ1) is 14.2. The molecule has 1 aliphatic heterocycles. The fraction of sp³-hybridized carbons (Fsp3) is 0.643. The van der Waals surface area contributed by atoms with E-state index < -0.39 is 0 Å². The number of nitrogens with zero attached hydrogens (tertiary/aromatic N) is 2. The Morgan fingerprint density at radius 3 is 3.00 bits per heavy atom. The summed E-state index contributed by atoms with van der Waals surface area (Å²) in [7, 11) is 1.68. The van der Waals surface area contributed by atoms with Gasteiger partial charge in [0, 0.05) is 43.5 Å². The van der Waals surface area contributed by atoms with Crippen LogP contribution in [0.4, 0.5) is 0 Å². The quantitative estimate of drug-likeness (QED) is 0.878. The molecule has 2 heterocycles. The highest BCUT2D eigenvalue weighted by Gasteiger charge is 2.25. The fourth-order valence-electron chi connectivity index (χ4n) is 2.35. The van der Waals surface area contributed by atoms with Crippen molar-refractivity contribution in [2.24, 2.45) is 5.73 Å². The Hall–Kier alpha value is -1.17. The predicted octanol–water partition coefficient (Wildman–Crippen LogP) is 0.947. The summed E-state index contributed by atoms with van der Waals surface area (Å²) >= 11 is 0. The van der Waals surface area contributed by atoms with E-state index in [0.717, 1.165) is 36.8 Å². The summed E-state index contributed by atoms with van der Waals surface area (Å²) in [5.41, 5.74) is 7.69. The SMILES string of the molecule is COc1cc(C)nc(CN2CC(CN)OCC2C)c1. The third-order valence-electron chi connectivity index (χ3n) is 3.48. The van der Waals surface area contributed by atoms with E-state index >= 15 is 0 Å².